The molecule has 4 rings (SSSR count). The van der Waals surface area contributed by atoms with Crippen LogP contribution in [0.5, 0.6) is 0 Å². The third-order valence-electron chi connectivity index (χ3n) is 5.91. The van der Waals surface area contributed by atoms with E-state index in [-0.39, 0.29) is 0 Å². The summed E-state index contributed by atoms with van der Waals surface area (Å²) in [7, 11) is 2.24. The lowest BCUT2D eigenvalue weighted by atomic mass is 10.0. The summed E-state index contributed by atoms with van der Waals surface area (Å²) in [5, 5.41) is 0. The lowest BCUT2D eigenvalue weighted by Crippen LogP contribution is -2.39. The molecule has 0 aliphatic heterocycles. The van der Waals surface area contributed by atoms with E-state index in [0.717, 1.165) is 0 Å². The van der Waals surface area contributed by atoms with Crippen LogP contribution in [0.15, 0.2) is 42.5 Å². The van der Waals surface area contributed by atoms with Gasteiger partial charge in [0.05, 0.1) is 12.6 Å². The van der Waals surface area contributed by atoms with Crippen molar-refractivity contribution in [2.45, 2.75) is 58.4 Å². The van der Waals surface area contributed by atoms with Crippen LogP contribution in [-0.4, -0.2) is 4.57 Å². The minimum atomic E-state index is 0.557. The molecule has 130 valence electrons. The Kier molecular flexibility index (Phi) is 4.15. The van der Waals surface area contributed by atoms with E-state index >= 15 is 0 Å². The van der Waals surface area contributed by atoms with Crippen molar-refractivity contribution in [2.24, 2.45) is 7.05 Å². The molecule has 0 bridgehead atoms. The van der Waals surface area contributed by atoms with Crippen LogP contribution in [-0.2, 0) is 7.05 Å². The van der Waals surface area contributed by atoms with Crippen LogP contribution in [0, 0.1) is 6.92 Å². The van der Waals surface area contributed by atoms with E-state index in [0.29, 0.717) is 12.0 Å². The first-order chi connectivity index (χ1) is 12.1. The molecule has 1 fully saturated rings. The smallest absolute Gasteiger partial charge is 0.226 e. The van der Waals surface area contributed by atoms with Crippen molar-refractivity contribution in [3.8, 4) is 11.4 Å². The van der Waals surface area contributed by atoms with Gasteiger partial charge in [-0.3, -0.25) is 0 Å². The Morgan fingerprint density at radius 2 is 1.76 bits per heavy atom. The SMILES string of the molecule is Cc1ccccc1-c1n(C)c2cc(C(C)C)ccc2[n+]1C1CCCC1. The molecule has 25 heavy (non-hydrogen) atoms. The third-order valence-corrected chi connectivity index (χ3v) is 5.91. The van der Waals surface area contributed by atoms with Crippen molar-refractivity contribution in [3.63, 3.8) is 0 Å². The molecule has 3 aromatic rings. The number of aryl methyl sites for hydroxylation is 2. The molecule has 1 heterocycles. The van der Waals surface area contributed by atoms with Gasteiger partial charge in [-0.1, -0.05) is 38.1 Å². The number of imidazole rings is 1. The Bertz CT molecular complexity index is 911. The molecule has 1 aliphatic rings. The zero-order valence-electron chi connectivity index (χ0n) is 15.9. The fraction of sp³-hybridized carbons (Fsp3) is 0.435. The molecule has 0 saturated heterocycles. The summed E-state index contributed by atoms with van der Waals surface area (Å²) in [5.41, 5.74) is 6.87. The molecule has 0 spiro atoms. The molecule has 2 aromatic carbocycles. The zero-order chi connectivity index (χ0) is 17.6. The van der Waals surface area contributed by atoms with E-state index in [2.05, 4.69) is 79.4 Å². The number of nitrogens with zero attached hydrogens (tertiary/aromatic N) is 2. The maximum atomic E-state index is 2.63. The van der Waals surface area contributed by atoms with Crippen molar-refractivity contribution in [2.75, 3.05) is 0 Å². The van der Waals surface area contributed by atoms with Gasteiger partial charge in [-0.15, -0.1) is 0 Å². The highest BCUT2D eigenvalue weighted by Gasteiger charge is 2.32. The van der Waals surface area contributed by atoms with Gasteiger partial charge in [0.1, 0.15) is 6.04 Å². The summed E-state index contributed by atoms with van der Waals surface area (Å²) in [4.78, 5) is 0. The van der Waals surface area contributed by atoms with Crippen LogP contribution in [0.2, 0.25) is 0 Å². The lowest BCUT2D eigenvalue weighted by molar-refractivity contribution is -0.687. The van der Waals surface area contributed by atoms with E-state index in [1.54, 1.807) is 0 Å². The Morgan fingerprint density at radius 1 is 1.04 bits per heavy atom. The summed E-state index contributed by atoms with van der Waals surface area (Å²) in [6.07, 6.45) is 5.31. The molecule has 2 heteroatoms. The standard InChI is InChI=1S/C23H29N2/c1-16(2)18-13-14-21-22(15-18)24(4)23(20-12-8-5-9-17(20)3)25(21)19-10-6-7-11-19/h5,8-9,12-16,19H,6-7,10-11H2,1-4H3/q+1. The number of hydrogen-bond donors (Lipinski definition) is 0. The average molecular weight is 333 g/mol. The normalized spacial score (nSPS) is 15.6. The Labute approximate surface area is 151 Å². The van der Waals surface area contributed by atoms with E-state index in [9.17, 15) is 0 Å². The predicted octanol–water partition coefficient (Wildman–Crippen LogP) is 5.68. The second-order valence-corrected chi connectivity index (χ2v) is 7.91. The van der Waals surface area contributed by atoms with Crippen molar-refractivity contribution in [1.29, 1.82) is 0 Å². The number of fused-ring (bicyclic) bond motifs is 1. The molecular formula is C23H29N2+. The largest absolute Gasteiger partial charge is 0.290 e. The molecule has 0 N–H and O–H groups in total. The summed E-state index contributed by atoms with van der Waals surface area (Å²) >= 11 is 0. The van der Waals surface area contributed by atoms with Crippen molar-refractivity contribution < 1.29 is 4.57 Å². The van der Waals surface area contributed by atoms with Crippen molar-refractivity contribution in [1.82, 2.24) is 4.57 Å². The highest BCUT2D eigenvalue weighted by molar-refractivity contribution is 5.77. The highest BCUT2D eigenvalue weighted by Crippen LogP contribution is 2.33. The van der Waals surface area contributed by atoms with E-state index in [1.165, 1.54) is 59.2 Å². The van der Waals surface area contributed by atoms with Gasteiger partial charge < -0.3 is 0 Å². The average Bonchev–Trinajstić information content (AvgIpc) is 3.22. The van der Waals surface area contributed by atoms with Gasteiger partial charge in [-0.05, 0) is 67.9 Å². The first-order valence-corrected chi connectivity index (χ1v) is 9.68. The second-order valence-electron chi connectivity index (χ2n) is 7.91. The van der Waals surface area contributed by atoms with Gasteiger partial charge in [0.15, 0.2) is 11.0 Å². The maximum Gasteiger partial charge on any atom is 0.290 e. The summed E-state index contributed by atoms with van der Waals surface area (Å²) in [6, 6.07) is 16.5. The third kappa shape index (κ3) is 2.68. The predicted molar refractivity (Wildman–Crippen MR) is 105 cm³/mol. The first-order valence-electron chi connectivity index (χ1n) is 9.68. The van der Waals surface area contributed by atoms with E-state index in [4.69, 9.17) is 0 Å². The molecule has 0 amide bonds. The first kappa shape index (κ1) is 16.4. The van der Waals surface area contributed by atoms with Crippen LogP contribution in [0.3, 0.4) is 0 Å². The molecule has 1 aliphatic carbocycles. The quantitative estimate of drug-likeness (QED) is 0.545. The van der Waals surface area contributed by atoms with E-state index < -0.39 is 0 Å². The highest BCUT2D eigenvalue weighted by atomic mass is 15.2. The summed E-state index contributed by atoms with van der Waals surface area (Å²) in [5.74, 6) is 1.92. The van der Waals surface area contributed by atoms with Crippen molar-refractivity contribution >= 4 is 11.0 Å². The van der Waals surface area contributed by atoms with Crippen molar-refractivity contribution in [3.05, 3.63) is 53.6 Å². The molecule has 1 saturated carbocycles. The Hall–Kier alpha value is -2.09. The van der Waals surface area contributed by atoms with Gasteiger partial charge in [-0.2, -0.15) is 0 Å². The van der Waals surface area contributed by atoms with Gasteiger partial charge in [-0.25, -0.2) is 9.13 Å². The van der Waals surface area contributed by atoms with E-state index in [1.807, 2.05) is 0 Å². The monoisotopic (exact) mass is 333 g/mol. The zero-order valence-corrected chi connectivity index (χ0v) is 15.9. The van der Waals surface area contributed by atoms with Crippen LogP contribution in [0.4, 0.5) is 0 Å². The summed E-state index contributed by atoms with van der Waals surface area (Å²) in [6.45, 7) is 6.78. The fourth-order valence-corrected chi connectivity index (χ4v) is 4.43. The Balaban J connectivity index is 2.04. The molecule has 1 aromatic heterocycles. The minimum Gasteiger partial charge on any atom is -0.226 e. The maximum absolute atomic E-state index is 2.63. The van der Waals surface area contributed by atoms with Crippen LogP contribution < -0.4 is 4.57 Å². The minimum absolute atomic E-state index is 0.557. The number of rotatable bonds is 3. The van der Waals surface area contributed by atoms with Crippen LogP contribution >= 0.6 is 0 Å². The van der Waals surface area contributed by atoms with Gasteiger partial charge in [0, 0.05) is 0 Å². The number of hydrogen-bond acceptors (Lipinski definition) is 0. The second kappa shape index (κ2) is 6.33. The fourth-order valence-electron chi connectivity index (χ4n) is 4.43. The molecule has 2 nitrogen and oxygen atoms in total. The molecule has 0 radical (unpaired) electrons. The molecular weight excluding hydrogens is 304 g/mol. The number of aromatic nitrogens is 2. The lowest BCUT2D eigenvalue weighted by Gasteiger charge is -2.11. The van der Waals surface area contributed by atoms with Gasteiger partial charge >= 0.3 is 0 Å². The van der Waals surface area contributed by atoms with Gasteiger partial charge in [0.25, 0.3) is 5.82 Å². The van der Waals surface area contributed by atoms with Crippen LogP contribution in [0.1, 0.15) is 62.6 Å². The molecule has 0 atom stereocenters. The molecule has 0 unspecified atom stereocenters. The Morgan fingerprint density at radius 3 is 2.44 bits per heavy atom. The van der Waals surface area contributed by atoms with Gasteiger partial charge in [0.2, 0.25) is 0 Å². The number of benzene rings is 2. The van der Waals surface area contributed by atoms with Crippen LogP contribution in [0.25, 0.3) is 22.4 Å². The topological polar surface area (TPSA) is 8.81 Å². The summed E-state index contributed by atoms with van der Waals surface area (Å²) < 4.78 is 5.05.